The Bertz CT molecular complexity index is 338. The van der Waals surface area contributed by atoms with Gasteiger partial charge in [-0.15, -0.1) is 0 Å². The lowest BCUT2D eigenvalue weighted by Crippen LogP contribution is -2.21. The summed E-state index contributed by atoms with van der Waals surface area (Å²) in [6.45, 7) is 0.566. The van der Waals surface area contributed by atoms with Gasteiger partial charge in [-0.25, -0.2) is 0 Å². The van der Waals surface area contributed by atoms with Gasteiger partial charge in [0, 0.05) is 25.3 Å². The average molecular weight is 209 g/mol. The Kier molecular flexibility index (Phi) is 3.97. The topological polar surface area (TPSA) is 49.8 Å². The van der Waals surface area contributed by atoms with Gasteiger partial charge < -0.3 is 14.7 Å². The lowest BCUT2D eigenvalue weighted by Gasteiger charge is -2.18. The molecule has 1 rings (SSSR count). The number of methoxy groups -OCH3 is 1. The van der Waals surface area contributed by atoms with E-state index < -0.39 is 0 Å². The fourth-order valence-electron chi connectivity index (χ4n) is 1.22. The molecule has 1 aromatic rings. The number of esters is 1. The minimum absolute atomic E-state index is 0.220. The number of aromatic hydroxyl groups is 1. The lowest BCUT2D eigenvalue weighted by atomic mass is 10.2. The lowest BCUT2D eigenvalue weighted by molar-refractivity contribution is -0.140. The summed E-state index contributed by atoms with van der Waals surface area (Å²) in [5.41, 5.74) is 0.874. The number of rotatable bonds is 4. The summed E-state index contributed by atoms with van der Waals surface area (Å²) < 4.78 is 4.55. The minimum Gasteiger partial charge on any atom is -0.508 e. The molecule has 4 heteroatoms. The van der Waals surface area contributed by atoms with E-state index in [1.54, 1.807) is 18.2 Å². The van der Waals surface area contributed by atoms with E-state index in [2.05, 4.69) is 4.74 Å². The van der Waals surface area contributed by atoms with E-state index >= 15 is 0 Å². The molecule has 0 aliphatic carbocycles. The van der Waals surface area contributed by atoms with Crippen molar-refractivity contribution in [1.29, 1.82) is 0 Å². The maximum Gasteiger partial charge on any atom is 0.307 e. The van der Waals surface area contributed by atoms with Crippen molar-refractivity contribution in [3.63, 3.8) is 0 Å². The zero-order valence-corrected chi connectivity index (χ0v) is 8.93. The third kappa shape index (κ3) is 3.50. The Hall–Kier alpha value is -1.71. The van der Waals surface area contributed by atoms with Crippen molar-refractivity contribution < 1.29 is 14.6 Å². The predicted octanol–water partition coefficient (Wildman–Crippen LogP) is 1.39. The second-order valence-corrected chi connectivity index (χ2v) is 3.27. The molecule has 0 bridgehead atoms. The third-order valence-electron chi connectivity index (χ3n) is 2.15. The van der Waals surface area contributed by atoms with Crippen molar-refractivity contribution in [3.8, 4) is 5.75 Å². The van der Waals surface area contributed by atoms with Crippen LogP contribution in [0.2, 0.25) is 0 Å². The highest BCUT2D eigenvalue weighted by Crippen LogP contribution is 2.18. The first kappa shape index (κ1) is 11.4. The Labute approximate surface area is 89.1 Å². The van der Waals surface area contributed by atoms with Crippen LogP contribution in [0.4, 0.5) is 5.69 Å². The number of phenols is 1. The number of carbonyl (C=O) groups excluding carboxylic acids is 1. The van der Waals surface area contributed by atoms with Crippen LogP contribution in [-0.4, -0.2) is 31.8 Å². The molecule has 0 atom stereocenters. The molecule has 0 saturated heterocycles. The molecule has 0 aliphatic rings. The first-order chi connectivity index (χ1) is 7.13. The van der Waals surface area contributed by atoms with Crippen LogP contribution < -0.4 is 4.90 Å². The fourth-order valence-corrected chi connectivity index (χ4v) is 1.22. The van der Waals surface area contributed by atoms with Crippen LogP contribution in [0.1, 0.15) is 6.42 Å². The van der Waals surface area contributed by atoms with E-state index in [0.717, 1.165) is 5.69 Å². The smallest absolute Gasteiger partial charge is 0.307 e. The number of hydrogen-bond acceptors (Lipinski definition) is 4. The molecule has 4 nitrogen and oxygen atoms in total. The Morgan fingerprint density at radius 3 is 2.87 bits per heavy atom. The highest BCUT2D eigenvalue weighted by molar-refractivity contribution is 5.70. The van der Waals surface area contributed by atoms with Crippen LogP contribution in [-0.2, 0) is 9.53 Å². The highest BCUT2D eigenvalue weighted by Gasteiger charge is 2.05. The van der Waals surface area contributed by atoms with E-state index in [4.69, 9.17) is 0 Å². The largest absolute Gasteiger partial charge is 0.508 e. The molecule has 1 aromatic carbocycles. The molecule has 0 fully saturated rings. The second-order valence-electron chi connectivity index (χ2n) is 3.27. The highest BCUT2D eigenvalue weighted by atomic mass is 16.5. The summed E-state index contributed by atoms with van der Waals surface area (Å²) >= 11 is 0. The molecule has 0 heterocycles. The summed E-state index contributed by atoms with van der Waals surface area (Å²) in [5.74, 6) is -0.0144. The van der Waals surface area contributed by atoms with Crippen LogP contribution in [0.15, 0.2) is 24.3 Å². The number of carbonyl (C=O) groups is 1. The molecule has 0 saturated carbocycles. The van der Waals surface area contributed by atoms with Crippen LogP contribution in [0.3, 0.4) is 0 Å². The first-order valence-corrected chi connectivity index (χ1v) is 4.70. The van der Waals surface area contributed by atoms with Gasteiger partial charge in [0.1, 0.15) is 5.75 Å². The van der Waals surface area contributed by atoms with E-state index in [9.17, 15) is 9.90 Å². The molecular weight excluding hydrogens is 194 g/mol. The third-order valence-corrected chi connectivity index (χ3v) is 2.15. The van der Waals surface area contributed by atoms with E-state index in [1.807, 2.05) is 18.0 Å². The Morgan fingerprint density at radius 2 is 2.27 bits per heavy atom. The molecule has 0 amide bonds. The van der Waals surface area contributed by atoms with Gasteiger partial charge in [-0.05, 0) is 12.1 Å². The van der Waals surface area contributed by atoms with Gasteiger partial charge in [-0.3, -0.25) is 4.79 Å². The fraction of sp³-hybridized carbons (Fsp3) is 0.364. The summed E-state index contributed by atoms with van der Waals surface area (Å²) in [6, 6.07) is 6.89. The summed E-state index contributed by atoms with van der Waals surface area (Å²) in [7, 11) is 3.23. The normalized spacial score (nSPS) is 9.73. The van der Waals surface area contributed by atoms with E-state index in [-0.39, 0.29) is 11.7 Å². The zero-order chi connectivity index (χ0) is 11.3. The van der Waals surface area contributed by atoms with Crippen LogP contribution >= 0.6 is 0 Å². The van der Waals surface area contributed by atoms with Crippen molar-refractivity contribution >= 4 is 11.7 Å². The summed E-state index contributed by atoms with van der Waals surface area (Å²) in [4.78, 5) is 12.8. The summed E-state index contributed by atoms with van der Waals surface area (Å²) in [6.07, 6.45) is 0.336. The number of hydrogen-bond donors (Lipinski definition) is 1. The molecule has 1 N–H and O–H groups in total. The molecule has 0 aliphatic heterocycles. The van der Waals surface area contributed by atoms with Gasteiger partial charge in [-0.2, -0.15) is 0 Å². The van der Waals surface area contributed by atoms with Gasteiger partial charge in [0.05, 0.1) is 13.5 Å². The number of phenolic OH excluding ortho intramolecular Hbond substituents is 1. The quantitative estimate of drug-likeness (QED) is 0.761. The SMILES string of the molecule is COC(=O)CCN(C)c1cccc(O)c1. The second kappa shape index (κ2) is 5.24. The number of ether oxygens (including phenoxy) is 1. The maximum atomic E-state index is 10.9. The van der Waals surface area contributed by atoms with E-state index in [0.29, 0.717) is 13.0 Å². The Morgan fingerprint density at radius 1 is 1.53 bits per heavy atom. The van der Waals surface area contributed by atoms with Crippen molar-refractivity contribution in [1.82, 2.24) is 0 Å². The Balaban J connectivity index is 2.53. The van der Waals surface area contributed by atoms with Gasteiger partial charge in [-0.1, -0.05) is 6.07 Å². The predicted molar refractivity (Wildman–Crippen MR) is 58.0 cm³/mol. The van der Waals surface area contributed by atoms with Gasteiger partial charge in [0.2, 0.25) is 0 Å². The van der Waals surface area contributed by atoms with Gasteiger partial charge >= 0.3 is 5.97 Å². The number of nitrogens with zero attached hydrogens (tertiary/aromatic N) is 1. The van der Waals surface area contributed by atoms with Crippen LogP contribution in [0.25, 0.3) is 0 Å². The van der Waals surface area contributed by atoms with Crippen molar-refractivity contribution in [2.24, 2.45) is 0 Å². The van der Waals surface area contributed by atoms with Crippen LogP contribution in [0, 0.1) is 0 Å². The molecule has 82 valence electrons. The van der Waals surface area contributed by atoms with Crippen molar-refractivity contribution in [2.45, 2.75) is 6.42 Å². The number of benzene rings is 1. The van der Waals surface area contributed by atoms with E-state index in [1.165, 1.54) is 7.11 Å². The van der Waals surface area contributed by atoms with Gasteiger partial charge in [0.25, 0.3) is 0 Å². The monoisotopic (exact) mass is 209 g/mol. The number of anilines is 1. The van der Waals surface area contributed by atoms with Crippen LogP contribution in [0.5, 0.6) is 5.75 Å². The molecule has 0 radical (unpaired) electrons. The molecule has 15 heavy (non-hydrogen) atoms. The molecule has 0 aromatic heterocycles. The maximum absolute atomic E-state index is 10.9. The van der Waals surface area contributed by atoms with Gasteiger partial charge in [0.15, 0.2) is 0 Å². The molecule has 0 unspecified atom stereocenters. The molecular formula is C11H15NO3. The average Bonchev–Trinajstić information content (AvgIpc) is 2.25. The summed E-state index contributed by atoms with van der Waals surface area (Å²) in [5, 5.41) is 9.27. The zero-order valence-electron chi connectivity index (χ0n) is 8.93. The standard InChI is InChI=1S/C11H15NO3/c1-12(7-6-11(14)15-2)9-4-3-5-10(13)8-9/h3-5,8,13H,6-7H2,1-2H3. The molecule has 0 spiro atoms. The van der Waals surface area contributed by atoms with Crippen molar-refractivity contribution in [3.05, 3.63) is 24.3 Å². The minimum atomic E-state index is -0.234. The van der Waals surface area contributed by atoms with Crippen molar-refractivity contribution in [2.75, 3.05) is 25.6 Å². The first-order valence-electron chi connectivity index (χ1n) is 4.70.